The third-order valence-electron chi connectivity index (χ3n) is 3.51. The first kappa shape index (κ1) is 14.4. The van der Waals surface area contributed by atoms with E-state index in [2.05, 4.69) is 54.7 Å². The van der Waals surface area contributed by atoms with E-state index < -0.39 is 0 Å². The predicted octanol–water partition coefficient (Wildman–Crippen LogP) is 4.58. The quantitative estimate of drug-likeness (QED) is 0.576. The van der Waals surface area contributed by atoms with E-state index in [1.807, 2.05) is 0 Å². The molecule has 1 nitrogen and oxygen atoms in total. The van der Waals surface area contributed by atoms with E-state index >= 15 is 0 Å². The summed E-state index contributed by atoms with van der Waals surface area (Å²) in [6.07, 6.45) is 2.39. The Balaban J connectivity index is 1.85. The molecule has 19 heavy (non-hydrogen) atoms. The van der Waals surface area contributed by atoms with Gasteiger partial charge in [-0.05, 0) is 41.6 Å². The lowest BCUT2D eigenvalue weighted by molar-refractivity contribution is 0.532. The van der Waals surface area contributed by atoms with Gasteiger partial charge in [0, 0.05) is 12.4 Å². The first-order chi connectivity index (χ1) is 9.31. The summed E-state index contributed by atoms with van der Waals surface area (Å²) in [5.41, 5.74) is 1.38. The number of hydrogen-bond acceptors (Lipinski definition) is 1. The second kappa shape index (κ2) is 7.52. The van der Waals surface area contributed by atoms with Gasteiger partial charge < -0.3 is 5.32 Å². The zero-order valence-electron chi connectivity index (χ0n) is 11.5. The van der Waals surface area contributed by atoms with Gasteiger partial charge in [-0.3, -0.25) is 0 Å². The van der Waals surface area contributed by atoms with Gasteiger partial charge in [0.25, 0.3) is 0 Å². The summed E-state index contributed by atoms with van der Waals surface area (Å²) in [4.78, 5) is 0. The Morgan fingerprint density at radius 1 is 1.11 bits per heavy atom. The van der Waals surface area contributed by atoms with Gasteiger partial charge in [-0.1, -0.05) is 49.4 Å². The Kier molecular flexibility index (Phi) is 5.68. The fourth-order valence-electron chi connectivity index (χ4n) is 2.32. The van der Waals surface area contributed by atoms with Crippen molar-refractivity contribution in [2.75, 3.05) is 12.4 Å². The van der Waals surface area contributed by atoms with Crippen LogP contribution >= 0.6 is 11.6 Å². The Morgan fingerprint density at radius 2 is 1.89 bits per heavy atom. The summed E-state index contributed by atoms with van der Waals surface area (Å²) in [5, 5.41) is 6.20. The van der Waals surface area contributed by atoms with E-state index in [0.29, 0.717) is 5.92 Å². The maximum atomic E-state index is 5.81. The molecule has 0 heterocycles. The number of nitrogens with one attached hydrogen (secondary N) is 1. The normalized spacial score (nSPS) is 12.7. The summed E-state index contributed by atoms with van der Waals surface area (Å²) < 4.78 is 0. The molecule has 0 aromatic heterocycles. The molecule has 0 aliphatic rings. The van der Waals surface area contributed by atoms with Crippen molar-refractivity contribution >= 4 is 22.4 Å². The molecule has 0 bridgehead atoms. The molecule has 1 N–H and O–H groups in total. The maximum Gasteiger partial charge on any atom is 0.0249 e. The van der Waals surface area contributed by atoms with Gasteiger partial charge >= 0.3 is 0 Å². The zero-order chi connectivity index (χ0) is 13.5. The number of fused-ring (bicyclic) bond motifs is 1. The number of alkyl halides is 1. The smallest absolute Gasteiger partial charge is 0.0249 e. The van der Waals surface area contributed by atoms with Crippen LogP contribution < -0.4 is 5.32 Å². The zero-order valence-corrected chi connectivity index (χ0v) is 12.3. The van der Waals surface area contributed by atoms with Crippen molar-refractivity contribution in [1.29, 1.82) is 0 Å². The minimum Gasteiger partial charge on any atom is -0.313 e. The Hall–Kier alpha value is -1.05. The van der Waals surface area contributed by atoms with Crippen LogP contribution in [-0.2, 0) is 6.54 Å². The standard InChI is InChI=1S/C17H22ClN/c1-14(12-18)6-5-11-19-13-16-9-4-8-15-7-2-3-10-17(15)16/h2-4,7-10,14,19H,5-6,11-13H2,1H3. The lowest BCUT2D eigenvalue weighted by atomic mass is 10.0. The van der Waals surface area contributed by atoms with Gasteiger partial charge in [-0.15, -0.1) is 11.6 Å². The molecule has 102 valence electrons. The molecule has 2 rings (SSSR count). The van der Waals surface area contributed by atoms with Gasteiger partial charge in [-0.25, -0.2) is 0 Å². The SMILES string of the molecule is CC(CCl)CCCNCc1cccc2ccccc12. The third kappa shape index (κ3) is 4.22. The molecule has 2 aromatic rings. The van der Waals surface area contributed by atoms with E-state index in [4.69, 9.17) is 11.6 Å². The third-order valence-corrected chi connectivity index (χ3v) is 4.04. The van der Waals surface area contributed by atoms with Crippen molar-refractivity contribution in [2.45, 2.75) is 26.3 Å². The Morgan fingerprint density at radius 3 is 2.74 bits per heavy atom. The average Bonchev–Trinajstić information content (AvgIpc) is 2.46. The molecule has 0 spiro atoms. The van der Waals surface area contributed by atoms with Crippen LogP contribution in [0.15, 0.2) is 42.5 Å². The van der Waals surface area contributed by atoms with E-state index in [-0.39, 0.29) is 0 Å². The van der Waals surface area contributed by atoms with Crippen LogP contribution in [0.4, 0.5) is 0 Å². The van der Waals surface area contributed by atoms with Crippen LogP contribution in [-0.4, -0.2) is 12.4 Å². The minimum atomic E-state index is 0.626. The van der Waals surface area contributed by atoms with Crippen molar-refractivity contribution in [2.24, 2.45) is 5.92 Å². The van der Waals surface area contributed by atoms with Crippen molar-refractivity contribution in [3.8, 4) is 0 Å². The van der Waals surface area contributed by atoms with Crippen LogP contribution in [0.5, 0.6) is 0 Å². The van der Waals surface area contributed by atoms with Crippen molar-refractivity contribution in [3.63, 3.8) is 0 Å². The molecule has 2 heteroatoms. The molecule has 0 fully saturated rings. The highest BCUT2D eigenvalue weighted by molar-refractivity contribution is 6.18. The molecule has 1 unspecified atom stereocenters. The highest BCUT2D eigenvalue weighted by Gasteiger charge is 2.01. The predicted molar refractivity (Wildman–Crippen MR) is 84.8 cm³/mol. The van der Waals surface area contributed by atoms with Crippen molar-refractivity contribution < 1.29 is 0 Å². The largest absolute Gasteiger partial charge is 0.313 e. The molecule has 0 saturated carbocycles. The first-order valence-electron chi connectivity index (χ1n) is 7.04. The second-order valence-corrected chi connectivity index (χ2v) is 5.53. The van der Waals surface area contributed by atoms with Crippen molar-refractivity contribution in [3.05, 3.63) is 48.0 Å². The number of hydrogen-bond donors (Lipinski definition) is 1. The summed E-state index contributed by atoms with van der Waals surface area (Å²) in [6.45, 7) is 4.21. The van der Waals surface area contributed by atoms with E-state index in [9.17, 15) is 0 Å². The molecular weight excluding hydrogens is 254 g/mol. The summed E-state index contributed by atoms with van der Waals surface area (Å²) in [7, 11) is 0. The Labute approximate surface area is 121 Å². The van der Waals surface area contributed by atoms with Gasteiger partial charge in [0.1, 0.15) is 0 Å². The molecule has 0 aliphatic heterocycles. The van der Waals surface area contributed by atoms with E-state index in [1.165, 1.54) is 29.2 Å². The van der Waals surface area contributed by atoms with E-state index in [1.54, 1.807) is 0 Å². The van der Waals surface area contributed by atoms with E-state index in [0.717, 1.165) is 19.0 Å². The monoisotopic (exact) mass is 275 g/mol. The highest BCUT2D eigenvalue weighted by Crippen LogP contribution is 2.18. The van der Waals surface area contributed by atoms with Crippen LogP contribution in [0.3, 0.4) is 0 Å². The van der Waals surface area contributed by atoms with Crippen LogP contribution in [0, 0.1) is 5.92 Å². The molecule has 1 atom stereocenters. The molecule has 0 saturated heterocycles. The van der Waals surface area contributed by atoms with Gasteiger partial charge in [0.15, 0.2) is 0 Å². The summed E-state index contributed by atoms with van der Waals surface area (Å²) >= 11 is 5.81. The minimum absolute atomic E-state index is 0.626. The number of benzene rings is 2. The molecule has 0 aliphatic carbocycles. The van der Waals surface area contributed by atoms with Crippen LogP contribution in [0.2, 0.25) is 0 Å². The van der Waals surface area contributed by atoms with Crippen LogP contribution in [0.25, 0.3) is 10.8 Å². The second-order valence-electron chi connectivity index (χ2n) is 5.22. The topological polar surface area (TPSA) is 12.0 Å². The molecular formula is C17H22ClN. The molecule has 0 amide bonds. The fourth-order valence-corrected chi connectivity index (χ4v) is 2.48. The highest BCUT2D eigenvalue weighted by atomic mass is 35.5. The van der Waals surface area contributed by atoms with Gasteiger partial charge in [-0.2, -0.15) is 0 Å². The van der Waals surface area contributed by atoms with Crippen LogP contribution in [0.1, 0.15) is 25.3 Å². The maximum absolute atomic E-state index is 5.81. The average molecular weight is 276 g/mol. The lowest BCUT2D eigenvalue weighted by Crippen LogP contribution is -2.15. The lowest BCUT2D eigenvalue weighted by Gasteiger charge is -2.10. The fraction of sp³-hybridized carbons (Fsp3) is 0.412. The molecule has 2 aromatic carbocycles. The summed E-state index contributed by atoms with van der Waals surface area (Å²) in [5.74, 6) is 1.39. The number of halogens is 1. The molecule has 0 radical (unpaired) electrons. The van der Waals surface area contributed by atoms with Gasteiger partial charge in [0.05, 0.1) is 0 Å². The Bertz CT molecular complexity index is 504. The van der Waals surface area contributed by atoms with Gasteiger partial charge in [0.2, 0.25) is 0 Å². The number of rotatable bonds is 7. The first-order valence-corrected chi connectivity index (χ1v) is 7.58. The summed E-state index contributed by atoms with van der Waals surface area (Å²) in [6, 6.07) is 15.1. The van der Waals surface area contributed by atoms with Crippen molar-refractivity contribution in [1.82, 2.24) is 5.32 Å².